The van der Waals surface area contributed by atoms with Crippen LogP contribution in [-0.2, 0) is 0 Å². The molecule has 0 unspecified atom stereocenters. The van der Waals surface area contributed by atoms with Crippen LogP contribution in [0.5, 0.6) is 0 Å². The predicted molar refractivity (Wildman–Crippen MR) is 105 cm³/mol. The fourth-order valence-corrected chi connectivity index (χ4v) is 2.71. The predicted octanol–water partition coefficient (Wildman–Crippen LogP) is 4.63. The number of nitrogens with one attached hydrogen (secondary N) is 1. The third kappa shape index (κ3) is 3.92. The number of aryl methyl sites for hydroxylation is 1. The average Bonchev–Trinajstić information content (AvgIpc) is 2.63. The van der Waals surface area contributed by atoms with E-state index >= 15 is 0 Å². The monoisotopic (exact) mass is 367 g/mol. The van der Waals surface area contributed by atoms with Gasteiger partial charge in [-0.15, -0.1) is 0 Å². The van der Waals surface area contributed by atoms with Crippen LogP contribution < -0.4 is 11.1 Å². The first-order chi connectivity index (χ1) is 12.5. The Bertz CT molecular complexity index is 970. The SMILES string of the molecule is CC(=NO)c1ccc(Nc2cc(-c3cc(Cl)ccc3C)nc(N)n2)cc1. The number of anilines is 3. The molecule has 0 aliphatic heterocycles. The van der Waals surface area contributed by atoms with Gasteiger partial charge in [-0.2, -0.15) is 4.98 Å². The van der Waals surface area contributed by atoms with Crippen LogP contribution in [0.2, 0.25) is 5.02 Å². The van der Waals surface area contributed by atoms with Crippen LogP contribution in [0, 0.1) is 6.92 Å². The highest BCUT2D eigenvalue weighted by molar-refractivity contribution is 6.30. The second-order valence-electron chi connectivity index (χ2n) is 5.84. The summed E-state index contributed by atoms with van der Waals surface area (Å²) >= 11 is 6.11. The Hall–Kier alpha value is -3.12. The maximum absolute atomic E-state index is 8.84. The normalized spacial score (nSPS) is 11.4. The number of rotatable bonds is 4. The molecule has 26 heavy (non-hydrogen) atoms. The molecule has 0 atom stereocenters. The molecule has 3 rings (SSSR count). The number of halogens is 1. The van der Waals surface area contributed by atoms with Crippen molar-refractivity contribution in [3.05, 3.63) is 64.7 Å². The van der Waals surface area contributed by atoms with Crippen molar-refractivity contribution in [1.29, 1.82) is 0 Å². The summed E-state index contributed by atoms with van der Waals surface area (Å²) in [5.41, 5.74) is 10.7. The zero-order valence-electron chi connectivity index (χ0n) is 14.4. The minimum absolute atomic E-state index is 0.171. The van der Waals surface area contributed by atoms with Crippen molar-refractivity contribution in [1.82, 2.24) is 9.97 Å². The van der Waals surface area contributed by atoms with Crippen molar-refractivity contribution in [3.63, 3.8) is 0 Å². The van der Waals surface area contributed by atoms with Gasteiger partial charge in [0.25, 0.3) is 0 Å². The van der Waals surface area contributed by atoms with Crippen LogP contribution in [0.1, 0.15) is 18.1 Å². The molecule has 0 saturated heterocycles. The third-order valence-corrected chi connectivity index (χ3v) is 4.18. The highest BCUT2D eigenvalue weighted by Gasteiger charge is 2.09. The van der Waals surface area contributed by atoms with Gasteiger partial charge in [0.15, 0.2) is 0 Å². The highest BCUT2D eigenvalue weighted by Crippen LogP contribution is 2.28. The van der Waals surface area contributed by atoms with Gasteiger partial charge >= 0.3 is 0 Å². The number of nitrogens with zero attached hydrogens (tertiary/aromatic N) is 3. The van der Waals surface area contributed by atoms with E-state index in [0.717, 1.165) is 22.4 Å². The Labute approximate surface area is 156 Å². The second-order valence-corrected chi connectivity index (χ2v) is 6.28. The summed E-state index contributed by atoms with van der Waals surface area (Å²) in [5.74, 6) is 0.747. The number of hydrogen-bond donors (Lipinski definition) is 3. The van der Waals surface area contributed by atoms with Crippen molar-refractivity contribution in [2.75, 3.05) is 11.1 Å². The van der Waals surface area contributed by atoms with Gasteiger partial charge in [-0.05, 0) is 49.2 Å². The minimum Gasteiger partial charge on any atom is -0.411 e. The molecule has 1 aromatic heterocycles. The standard InChI is InChI=1S/C19H18ClN5O/c1-11-3-6-14(20)9-16(11)17-10-18(24-19(21)23-17)22-15-7-4-13(5-8-15)12(2)25-26/h3-10,26H,1-2H3,(H3,21,22,23,24). The van der Waals surface area contributed by atoms with Crippen LogP contribution in [-0.4, -0.2) is 20.9 Å². The van der Waals surface area contributed by atoms with Crippen molar-refractivity contribution >= 4 is 34.8 Å². The Balaban J connectivity index is 1.92. The summed E-state index contributed by atoms with van der Waals surface area (Å²) in [6.45, 7) is 3.72. The first kappa shape index (κ1) is 17.7. The van der Waals surface area contributed by atoms with E-state index in [1.54, 1.807) is 6.92 Å². The average molecular weight is 368 g/mol. The fourth-order valence-electron chi connectivity index (χ4n) is 2.54. The van der Waals surface area contributed by atoms with E-state index in [9.17, 15) is 0 Å². The molecule has 0 amide bonds. The van der Waals surface area contributed by atoms with E-state index in [-0.39, 0.29) is 5.95 Å². The number of nitrogen functional groups attached to an aromatic ring is 1. The maximum atomic E-state index is 8.84. The van der Waals surface area contributed by atoms with E-state index < -0.39 is 0 Å². The van der Waals surface area contributed by atoms with Gasteiger partial charge in [0.1, 0.15) is 5.82 Å². The smallest absolute Gasteiger partial charge is 0.222 e. The van der Waals surface area contributed by atoms with E-state index in [1.165, 1.54) is 0 Å². The number of aromatic nitrogens is 2. The second kappa shape index (κ2) is 7.41. The van der Waals surface area contributed by atoms with Gasteiger partial charge in [-0.25, -0.2) is 4.98 Å². The number of hydrogen-bond acceptors (Lipinski definition) is 6. The van der Waals surface area contributed by atoms with Gasteiger partial charge in [0, 0.05) is 22.3 Å². The molecule has 1 heterocycles. The van der Waals surface area contributed by atoms with Crippen molar-refractivity contribution in [2.45, 2.75) is 13.8 Å². The summed E-state index contributed by atoms with van der Waals surface area (Å²) in [4.78, 5) is 8.56. The molecule has 0 radical (unpaired) electrons. The molecule has 3 aromatic rings. The summed E-state index contributed by atoms with van der Waals surface area (Å²) in [7, 11) is 0. The Morgan fingerprint density at radius 1 is 1.12 bits per heavy atom. The third-order valence-electron chi connectivity index (χ3n) is 3.94. The lowest BCUT2D eigenvalue weighted by Crippen LogP contribution is -2.02. The summed E-state index contributed by atoms with van der Waals surface area (Å²) in [5, 5.41) is 15.9. The fraction of sp³-hybridized carbons (Fsp3) is 0.105. The first-order valence-corrected chi connectivity index (χ1v) is 8.31. The topological polar surface area (TPSA) is 96.4 Å². The molecule has 2 aromatic carbocycles. The quantitative estimate of drug-likeness (QED) is 0.355. The molecule has 0 bridgehead atoms. The molecule has 4 N–H and O–H groups in total. The van der Waals surface area contributed by atoms with Crippen LogP contribution in [0.3, 0.4) is 0 Å². The van der Waals surface area contributed by atoms with Crippen LogP contribution in [0.15, 0.2) is 53.7 Å². The summed E-state index contributed by atoms with van der Waals surface area (Å²) in [6.07, 6.45) is 0. The molecule has 132 valence electrons. The molecule has 0 fully saturated rings. The van der Waals surface area contributed by atoms with Crippen LogP contribution >= 0.6 is 11.6 Å². The summed E-state index contributed by atoms with van der Waals surface area (Å²) < 4.78 is 0. The van der Waals surface area contributed by atoms with Crippen molar-refractivity contribution < 1.29 is 5.21 Å². The van der Waals surface area contributed by atoms with E-state index in [2.05, 4.69) is 20.4 Å². The van der Waals surface area contributed by atoms with Gasteiger partial charge < -0.3 is 16.3 Å². The Kier molecular flexibility index (Phi) is 5.04. The zero-order chi connectivity index (χ0) is 18.7. The molecule has 7 heteroatoms. The van der Waals surface area contributed by atoms with E-state index in [4.69, 9.17) is 22.5 Å². The Morgan fingerprint density at radius 2 is 1.85 bits per heavy atom. The van der Waals surface area contributed by atoms with Crippen LogP contribution in [0.4, 0.5) is 17.5 Å². The Morgan fingerprint density at radius 3 is 2.54 bits per heavy atom. The first-order valence-electron chi connectivity index (χ1n) is 7.93. The lowest BCUT2D eigenvalue weighted by molar-refractivity contribution is 0.319. The maximum Gasteiger partial charge on any atom is 0.222 e. The lowest BCUT2D eigenvalue weighted by Gasteiger charge is -2.11. The lowest BCUT2D eigenvalue weighted by atomic mass is 10.1. The highest BCUT2D eigenvalue weighted by atomic mass is 35.5. The zero-order valence-corrected chi connectivity index (χ0v) is 15.1. The minimum atomic E-state index is 0.171. The number of benzene rings is 2. The number of oxime groups is 1. The van der Waals surface area contributed by atoms with Crippen molar-refractivity contribution in [2.24, 2.45) is 5.16 Å². The molecule has 6 nitrogen and oxygen atoms in total. The molecular formula is C19H18ClN5O. The molecular weight excluding hydrogens is 350 g/mol. The van der Waals surface area contributed by atoms with E-state index in [0.29, 0.717) is 22.2 Å². The van der Waals surface area contributed by atoms with E-state index in [1.807, 2.05) is 55.5 Å². The molecule has 0 saturated carbocycles. The summed E-state index contributed by atoms with van der Waals surface area (Å²) in [6, 6.07) is 14.9. The van der Waals surface area contributed by atoms with Crippen LogP contribution in [0.25, 0.3) is 11.3 Å². The largest absolute Gasteiger partial charge is 0.411 e. The molecule has 0 aliphatic rings. The van der Waals surface area contributed by atoms with Gasteiger partial charge in [0.05, 0.1) is 11.4 Å². The number of nitrogens with two attached hydrogens (primary N) is 1. The molecule has 0 spiro atoms. The van der Waals surface area contributed by atoms with Gasteiger partial charge in [-0.3, -0.25) is 0 Å². The van der Waals surface area contributed by atoms with Crippen molar-refractivity contribution in [3.8, 4) is 11.3 Å². The van der Waals surface area contributed by atoms with Gasteiger partial charge in [-0.1, -0.05) is 35.0 Å². The molecule has 0 aliphatic carbocycles. The van der Waals surface area contributed by atoms with Gasteiger partial charge in [0.2, 0.25) is 5.95 Å².